The first-order valence-corrected chi connectivity index (χ1v) is 12.5. The van der Waals surface area contributed by atoms with E-state index in [0.717, 1.165) is 55.1 Å². The first kappa shape index (κ1) is 19.8. The fourth-order valence-electron chi connectivity index (χ4n) is 6.51. The van der Waals surface area contributed by atoms with Gasteiger partial charge in [-0.1, -0.05) is 0 Å². The van der Waals surface area contributed by atoms with Gasteiger partial charge in [0.1, 0.15) is 11.6 Å². The number of fused-ring (bicyclic) bond motifs is 6. The highest BCUT2D eigenvalue weighted by molar-refractivity contribution is 5.94. The molecule has 1 aromatic carbocycles. The number of halogens is 1. The molecule has 7 heteroatoms. The van der Waals surface area contributed by atoms with Gasteiger partial charge in [0.25, 0.3) is 5.91 Å². The average molecular weight is 448 g/mol. The molecule has 0 radical (unpaired) electrons. The molecule has 6 nitrogen and oxygen atoms in total. The number of nitrogens with zero attached hydrogens (tertiary/aromatic N) is 2. The normalized spacial score (nSPS) is 31.2. The van der Waals surface area contributed by atoms with Gasteiger partial charge in [-0.15, -0.1) is 0 Å². The molecule has 2 aliphatic carbocycles. The van der Waals surface area contributed by atoms with Gasteiger partial charge in [0.2, 0.25) is 0 Å². The lowest BCUT2D eigenvalue weighted by molar-refractivity contribution is 0.0933. The van der Waals surface area contributed by atoms with Crippen molar-refractivity contribution in [3.8, 4) is 0 Å². The van der Waals surface area contributed by atoms with E-state index in [-0.39, 0.29) is 17.8 Å². The lowest BCUT2D eigenvalue weighted by atomic mass is 9.87. The molecule has 2 aromatic rings. The molecule has 1 saturated carbocycles. The van der Waals surface area contributed by atoms with Gasteiger partial charge in [-0.05, 0) is 85.3 Å². The van der Waals surface area contributed by atoms with E-state index in [4.69, 9.17) is 0 Å². The number of carbonyl (C=O) groups excluding carboxylic acids is 1. The number of pyridine rings is 1. The average Bonchev–Trinajstić information content (AvgIpc) is 3.56. The van der Waals surface area contributed by atoms with Gasteiger partial charge in [-0.3, -0.25) is 4.79 Å². The maximum absolute atomic E-state index is 15.2. The van der Waals surface area contributed by atoms with Crippen LogP contribution in [0.2, 0.25) is 0 Å². The Bertz CT molecular complexity index is 1120. The van der Waals surface area contributed by atoms with Crippen molar-refractivity contribution in [1.29, 1.82) is 0 Å². The molecule has 2 unspecified atom stereocenters. The number of hydrogen-bond donors (Lipinski definition) is 3. The molecule has 33 heavy (non-hydrogen) atoms. The predicted molar refractivity (Wildman–Crippen MR) is 125 cm³/mol. The lowest BCUT2D eigenvalue weighted by Gasteiger charge is -2.35. The second kappa shape index (κ2) is 7.42. The highest BCUT2D eigenvalue weighted by Gasteiger charge is 2.43. The van der Waals surface area contributed by atoms with E-state index in [1.54, 1.807) is 12.3 Å². The second-order valence-electron chi connectivity index (χ2n) is 10.7. The number of rotatable bonds is 3. The Morgan fingerprint density at radius 3 is 2.85 bits per heavy atom. The van der Waals surface area contributed by atoms with E-state index >= 15 is 4.39 Å². The zero-order chi connectivity index (χ0) is 22.1. The maximum Gasteiger partial charge on any atom is 0.253 e. The third kappa shape index (κ3) is 3.48. The van der Waals surface area contributed by atoms with Gasteiger partial charge in [-0.2, -0.15) is 0 Å². The van der Waals surface area contributed by atoms with E-state index < -0.39 is 0 Å². The number of anilines is 2. The van der Waals surface area contributed by atoms with Gasteiger partial charge >= 0.3 is 0 Å². The Kier molecular flexibility index (Phi) is 4.44. The molecular formula is C26H30FN5O. The Labute approximate surface area is 193 Å². The van der Waals surface area contributed by atoms with Gasteiger partial charge in [0.15, 0.2) is 0 Å². The zero-order valence-corrected chi connectivity index (χ0v) is 18.7. The van der Waals surface area contributed by atoms with Crippen LogP contribution in [0.5, 0.6) is 0 Å². The van der Waals surface area contributed by atoms with Crippen LogP contribution >= 0.6 is 0 Å². The van der Waals surface area contributed by atoms with Crippen LogP contribution in [-0.2, 0) is 12.8 Å². The summed E-state index contributed by atoms with van der Waals surface area (Å²) in [6.45, 7) is 2.90. The Hall–Kier alpha value is -2.67. The first-order valence-electron chi connectivity index (χ1n) is 12.5. The monoisotopic (exact) mass is 447 g/mol. The van der Waals surface area contributed by atoms with E-state index in [0.29, 0.717) is 35.9 Å². The third-order valence-corrected chi connectivity index (χ3v) is 8.44. The van der Waals surface area contributed by atoms with Crippen molar-refractivity contribution in [2.75, 3.05) is 29.9 Å². The maximum atomic E-state index is 15.2. The van der Waals surface area contributed by atoms with Gasteiger partial charge in [0, 0.05) is 49.6 Å². The molecule has 3 N–H and O–H groups in total. The van der Waals surface area contributed by atoms with Crippen molar-refractivity contribution in [1.82, 2.24) is 15.6 Å². The third-order valence-electron chi connectivity index (χ3n) is 8.44. The molecule has 1 aromatic heterocycles. The zero-order valence-electron chi connectivity index (χ0n) is 18.7. The Balaban J connectivity index is 1.06. The number of piperazine rings is 1. The molecular weight excluding hydrogens is 417 g/mol. The number of amides is 1. The van der Waals surface area contributed by atoms with Crippen LogP contribution in [0.25, 0.3) is 0 Å². The molecule has 172 valence electrons. The van der Waals surface area contributed by atoms with Crippen LogP contribution in [-0.4, -0.2) is 48.7 Å². The van der Waals surface area contributed by atoms with Crippen molar-refractivity contribution < 1.29 is 9.18 Å². The van der Waals surface area contributed by atoms with Crippen molar-refractivity contribution in [2.45, 2.75) is 62.6 Å². The van der Waals surface area contributed by atoms with Crippen LogP contribution in [0.4, 0.5) is 15.9 Å². The van der Waals surface area contributed by atoms with Crippen LogP contribution in [0.1, 0.15) is 58.6 Å². The minimum atomic E-state index is -0.131. The summed E-state index contributed by atoms with van der Waals surface area (Å²) in [7, 11) is 0. The van der Waals surface area contributed by atoms with Gasteiger partial charge in [0.05, 0.1) is 5.56 Å². The minimum absolute atomic E-state index is 0.0526. The number of carbonyl (C=O) groups is 1. The fourth-order valence-corrected chi connectivity index (χ4v) is 6.51. The highest BCUT2D eigenvalue weighted by Crippen LogP contribution is 2.52. The van der Waals surface area contributed by atoms with E-state index in [9.17, 15) is 4.79 Å². The van der Waals surface area contributed by atoms with Crippen molar-refractivity contribution >= 4 is 17.4 Å². The summed E-state index contributed by atoms with van der Waals surface area (Å²) in [5, 5.41) is 10.2. The second-order valence-corrected chi connectivity index (χ2v) is 10.7. The van der Waals surface area contributed by atoms with Crippen LogP contribution in [0, 0.1) is 11.7 Å². The summed E-state index contributed by atoms with van der Waals surface area (Å²) in [5.41, 5.74) is 4.66. The van der Waals surface area contributed by atoms with Crippen molar-refractivity contribution in [3.05, 3.63) is 52.5 Å². The standard InChI is InChI=1S/C26H30FN5O/c27-24-9-20(32-12-18-3-4-19(13-32)30-18)5-14-1-2-17(8-22(14)24)31-26(33)16-7-23-21-6-15(21)10-28-25(23)29-11-16/h5,7,9,11,15,17-19,21,30H,1-4,6,8,10,12-13H2,(H,28,29)(H,31,33)/t15-,17-,18?,19?,21-/m1/s1. The molecule has 1 amide bonds. The molecule has 7 rings (SSSR count). The fraction of sp³-hybridized carbons (Fsp3) is 0.538. The smallest absolute Gasteiger partial charge is 0.253 e. The summed E-state index contributed by atoms with van der Waals surface area (Å²) in [5.74, 6) is 1.93. The molecule has 3 aliphatic heterocycles. The topological polar surface area (TPSA) is 69.3 Å². The molecule has 4 heterocycles. The SMILES string of the molecule is O=C(N[C@@H]1CCc2cc(N3CC4CCC(C3)N4)cc(F)c2C1)c1cnc2c(c1)[C@@H]1C[C@@H]1CN2. The summed E-state index contributed by atoms with van der Waals surface area (Å²) < 4.78 is 15.2. The Morgan fingerprint density at radius 2 is 2.00 bits per heavy atom. The first-order chi connectivity index (χ1) is 16.1. The molecule has 3 fully saturated rings. The van der Waals surface area contributed by atoms with Crippen molar-refractivity contribution in [3.63, 3.8) is 0 Å². The molecule has 2 bridgehead atoms. The van der Waals surface area contributed by atoms with E-state index in [2.05, 4.69) is 31.9 Å². The van der Waals surface area contributed by atoms with Crippen molar-refractivity contribution in [2.24, 2.45) is 5.92 Å². The molecule has 5 atom stereocenters. The highest BCUT2D eigenvalue weighted by atomic mass is 19.1. The molecule has 0 spiro atoms. The van der Waals surface area contributed by atoms with Gasteiger partial charge < -0.3 is 20.9 Å². The van der Waals surface area contributed by atoms with Crippen LogP contribution < -0.4 is 20.9 Å². The number of nitrogens with one attached hydrogen (secondary N) is 3. The quantitative estimate of drug-likeness (QED) is 0.675. The molecule has 5 aliphatic rings. The molecule has 2 saturated heterocycles. The van der Waals surface area contributed by atoms with E-state index in [1.165, 1.54) is 24.8 Å². The summed E-state index contributed by atoms with van der Waals surface area (Å²) >= 11 is 0. The van der Waals surface area contributed by atoms with Crippen LogP contribution in [0.3, 0.4) is 0 Å². The lowest BCUT2D eigenvalue weighted by Crippen LogP contribution is -2.51. The Morgan fingerprint density at radius 1 is 1.15 bits per heavy atom. The number of benzene rings is 1. The largest absolute Gasteiger partial charge is 0.370 e. The number of aromatic nitrogens is 1. The summed E-state index contributed by atoms with van der Waals surface area (Å²) in [6, 6.07) is 6.90. The summed E-state index contributed by atoms with van der Waals surface area (Å²) in [4.78, 5) is 19.8. The predicted octanol–water partition coefficient (Wildman–Crippen LogP) is 2.98. The minimum Gasteiger partial charge on any atom is -0.370 e. The van der Waals surface area contributed by atoms with Crippen LogP contribution in [0.15, 0.2) is 24.4 Å². The number of hydrogen-bond acceptors (Lipinski definition) is 5. The summed E-state index contributed by atoms with van der Waals surface area (Å²) in [6.07, 6.45) is 7.45. The van der Waals surface area contributed by atoms with Gasteiger partial charge in [-0.25, -0.2) is 9.37 Å². The van der Waals surface area contributed by atoms with E-state index in [1.807, 2.05) is 6.07 Å². The number of aryl methyl sites for hydroxylation is 1.